The predicted octanol–water partition coefficient (Wildman–Crippen LogP) is 3.14. The number of carbonyl (C=O) groups excluding carboxylic acids is 1. The molecule has 0 saturated heterocycles. The Morgan fingerprint density at radius 1 is 1.18 bits per heavy atom. The molecule has 88 valence electrons. The number of hydroxylamine groups is 2. The summed E-state index contributed by atoms with van der Waals surface area (Å²) in [6, 6.07) is 13.6. The number of amides is 1. The molecule has 1 amide bonds. The van der Waals surface area contributed by atoms with Gasteiger partial charge in [-0.3, -0.25) is 10.0 Å². The molecule has 0 bridgehead atoms. The smallest absolute Gasteiger partial charge is 0.243 e. The lowest BCUT2D eigenvalue weighted by Crippen LogP contribution is -2.27. The highest BCUT2D eigenvalue weighted by Crippen LogP contribution is 2.23. The van der Waals surface area contributed by atoms with E-state index < -0.39 is 0 Å². The standard InChI is InChI=1S/C14H15NO2/c1-10(15(17)11(2)16)13-8-7-12-5-3-4-6-14(12)9-13/h3-10,17H,1-2H3/t10-/m0/s1. The van der Waals surface area contributed by atoms with E-state index in [0.717, 1.165) is 21.4 Å². The van der Waals surface area contributed by atoms with Crippen molar-refractivity contribution in [3.8, 4) is 0 Å². The van der Waals surface area contributed by atoms with Crippen LogP contribution >= 0.6 is 0 Å². The zero-order valence-corrected chi connectivity index (χ0v) is 9.92. The number of benzene rings is 2. The normalized spacial score (nSPS) is 12.4. The summed E-state index contributed by atoms with van der Waals surface area (Å²) in [5.74, 6) is -0.356. The maximum Gasteiger partial charge on any atom is 0.243 e. The summed E-state index contributed by atoms with van der Waals surface area (Å²) in [5, 5.41) is 12.6. The quantitative estimate of drug-likeness (QED) is 0.634. The van der Waals surface area contributed by atoms with Gasteiger partial charge in [-0.15, -0.1) is 0 Å². The Morgan fingerprint density at radius 3 is 2.47 bits per heavy atom. The summed E-state index contributed by atoms with van der Waals surface area (Å²) < 4.78 is 0. The number of fused-ring (bicyclic) bond motifs is 1. The van der Waals surface area contributed by atoms with Crippen LogP contribution in [0.2, 0.25) is 0 Å². The first-order valence-corrected chi connectivity index (χ1v) is 5.57. The fourth-order valence-electron chi connectivity index (χ4n) is 1.88. The summed E-state index contributed by atoms with van der Waals surface area (Å²) >= 11 is 0. The number of hydrogen-bond donors (Lipinski definition) is 1. The highest BCUT2D eigenvalue weighted by atomic mass is 16.5. The van der Waals surface area contributed by atoms with E-state index in [1.807, 2.05) is 42.5 Å². The maximum atomic E-state index is 11.1. The van der Waals surface area contributed by atoms with E-state index in [2.05, 4.69) is 0 Å². The number of carbonyl (C=O) groups is 1. The van der Waals surface area contributed by atoms with Crippen molar-refractivity contribution in [2.75, 3.05) is 0 Å². The first-order chi connectivity index (χ1) is 8.09. The molecular formula is C14H15NO2. The van der Waals surface area contributed by atoms with Crippen molar-refractivity contribution in [2.45, 2.75) is 19.9 Å². The molecule has 0 saturated carbocycles. The van der Waals surface area contributed by atoms with Gasteiger partial charge in [0.2, 0.25) is 5.91 Å². The summed E-state index contributed by atoms with van der Waals surface area (Å²) in [7, 11) is 0. The molecule has 0 unspecified atom stereocenters. The van der Waals surface area contributed by atoms with E-state index in [4.69, 9.17) is 0 Å². The predicted molar refractivity (Wildman–Crippen MR) is 66.7 cm³/mol. The minimum absolute atomic E-state index is 0.336. The van der Waals surface area contributed by atoms with Crippen molar-refractivity contribution >= 4 is 16.7 Å². The van der Waals surface area contributed by atoms with Gasteiger partial charge in [0.1, 0.15) is 0 Å². The Labute approximate surface area is 100 Å². The van der Waals surface area contributed by atoms with Crippen molar-refractivity contribution in [3.05, 3.63) is 48.0 Å². The SMILES string of the molecule is CC(=O)N(O)[C@@H](C)c1ccc2ccccc2c1. The first-order valence-electron chi connectivity index (χ1n) is 5.57. The molecule has 2 aromatic carbocycles. The Hall–Kier alpha value is -1.87. The van der Waals surface area contributed by atoms with Crippen LogP contribution < -0.4 is 0 Å². The van der Waals surface area contributed by atoms with Crippen LogP contribution in [0.1, 0.15) is 25.5 Å². The molecule has 1 N–H and O–H groups in total. The maximum absolute atomic E-state index is 11.1. The van der Waals surface area contributed by atoms with E-state index in [-0.39, 0.29) is 11.9 Å². The van der Waals surface area contributed by atoms with Crippen LogP contribution in [0.3, 0.4) is 0 Å². The third-order valence-electron chi connectivity index (χ3n) is 2.95. The lowest BCUT2D eigenvalue weighted by Gasteiger charge is -2.21. The highest BCUT2D eigenvalue weighted by Gasteiger charge is 2.16. The minimum atomic E-state index is -0.356. The van der Waals surface area contributed by atoms with Gasteiger partial charge in [-0.05, 0) is 29.3 Å². The Bertz CT molecular complexity index is 551. The largest absolute Gasteiger partial charge is 0.285 e. The average molecular weight is 229 g/mol. The van der Waals surface area contributed by atoms with Crippen LogP contribution in [0, 0.1) is 0 Å². The van der Waals surface area contributed by atoms with Gasteiger partial charge in [0.15, 0.2) is 0 Å². The topological polar surface area (TPSA) is 40.5 Å². The molecule has 3 heteroatoms. The summed E-state index contributed by atoms with van der Waals surface area (Å²) in [4.78, 5) is 11.1. The minimum Gasteiger partial charge on any atom is -0.285 e. The Balaban J connectivity index is 2.39. The molecule has 0 aliphatic heterocycles. The van der Waals surface area contributed by atoms with Gasteiger partial charge >= 0.3 is 0 Å². The van der Waals surface area contributed by atoms with Crippen LogP contribution in [0.25, 0.3) is 10.8 Å². The molecule has 0 aliphatic carbocycles. The van der Waals surface area contributed by atoms with Crippen LogP contribution in [0.5, 0.6) is 0 Å². The van der Waals surface area contributed by atoms with E-state index in [1.54, 1.807) is 6.92 Å². The van der Waals surface area contributed by atoms with Gasteiger partial charge in [-0.1, -0.05) is 36.4 Å². The zero-order valence-electron chi connectivity index (χ0n) is 9.92. The molecule has 0 aliphatic rings. The van der Waals surface area contributed by atoms with Gasteiger partial charge in [0, 0.05) is 6.92 Å². The summed E-state index contributed by atoms with van der Waals surface area (Å²) in [6.07, 6.45) is 0. The molecule has 0 fully saturated rings. The van der Waals surface area contributed by atoms with E-state index >= 15 is 0 Å². The van der Waals surface area contributed by atoms with Crippen LogP contribution in [-0.2, 0) is 4.79 Å². The van der Waals surface area contributed by atoms with Gasteiger partial charge in [-0.25, -0.2) is 5.06 Å². The lowest BCUT2D eigenvalue weighted by molar-refractivity contribution is -0.172. The van der Waals surface area contributed by atoms with Crippen molar-refractivity contribution in [3.63, 3.8) is 0 Å². The van der Waals surface area contributed by atoms with Gasteiger partial charge in [-0.2, -0.15) is 0 Å². The van der Waals surface area contributed by atoms with E-state index in [0.29, 0.717) is 0 Å². The Morgan fingerprint density at radius 2 is 1.82 bits per heavy atom. The fraction of sp³-hybridized carbons (Fsp3) is 0.214. The molecule has 17 heavy (non-hydrogen) atoms. The summed E-state index contributed by atoms with van der Waals surface area (Å²) in [5.41, 5.74) is 0.918. The van der Waals surface area contributed by atoms with Crippen molar-refractivity contribution in [1.29, 1.82) is 0 Å². The molecule has 0 radical (unpaired) electrons. The monoisotopic (exact) mass is 229 g/mol. The zero-order chi connectivity index (χ0) is 12.4. The molecule has 0 heterocycles. The molecule has 0 aromatic heterocycles. The number of rotatable bonds is 2. The molecule has 0 spiro atoms. The second kappa shape index (κ2) is 4.55. The molecular weight excluding hydrogens is 214 g/mol. The Kier molecular flexibility index (Phi) is 3.11. The highest BCUT2D eigenvalue weighted by molar-refractivity contribution is 5.83. The van der Waals surface area contributed by atoms with E-state index in [9.17, 15) is 10.0 Å². The number of hydrogen-bond acceptors (Lipinski definition) is 2. The average Bonchev–Trinajstić information content (AvgIpc) is 2.36. The second-order valence-corrected chi connectivity index (χ2v) is 4.15. The lowest BCUT2D eigenvalue weighted by atomic mass is 10.0. The van der Waals surface area contributed by atoms with Crippen molar-refractivity contribution in [2.24, 2.45) is 0 Å². The second-order valence-electron chi connectivity index (χ2n) is 4.15. The molecule has 2 rings (SSSR count). The molecule has 3 nitrogen and oxygen atoms in total. The van der Waals surface area contributed by atoms with Gasteiger partial charge in [0.05, 0.1) is 6.04 Å². The van der Waals surface area contributed by atoms with Gasteiger partial charge in [0.25, 0.3) is 0 Å². The van der Waals surface area contributed by atoms with Crippen LogP contribution in [0.4, 0.5) is 0 Å². The fourth-order valence-corrected chi connectivity index (χ4v) is 1.88. The van der Waals surface area contributed by atoms with Crippen LogP contribution in [0.15, 0.2) is 42.5 Å². The third kappa shape index (κ3) is 2.29. The van der Waals surface area contributed by atoms with Gasteiger partial charge < -0.3 is 0 Å². The van der Waals surface area contributed by atoms with Crippen molar-refractivity contribution in [1.82, 2.24) is 5.06 Å². The third-order valence-corrected chi connectivity index (χ3v) is 2.95. The molecule has 2 aromatic rings. The number of nitrogens with zero attached hydrogens (tertiary/aromatic N) is 1. The van der Waals surface area contributed by atoms with E-state index in [1.165, 1.54) is 6.92 Å². The first kappa shape index (κ1) is 11.6. The van der Waals surface area contributed by atoms with Crippen LogP contribution in [-0.4, -0.2) is 16.2 Å². The summed E-state index contributed by atoms with van der Waals surface area (Å²) in [6.45, 7) is 3.14. The van der Waals surface area contributed by atoms with Crippen molar-refractivity contribution < 1.29 is 10.0 Å². The molecule has 1 atom stereocenters.